The van der Waals surface area contributed by atoms with Crippen molar-refractivity contribution in [2.75, 3.05) is 0 Å². The minimum absolute atomic E-state index is 0.0389. The van der Waals surface area contributed by atoms with Crippen molar-refractivity contribution in [1.29, 1.82) is 0 Å². The number of aliphatic hydroxyl groups excluding tert-OH is 1. The molecule has 4 aliphatic carbocycles. The third-order valence-electron chi connectivity index (χ3n) is 5.81. The van der Waals surface area contributed by atoms with Gasteiger partial charge in [-0.05, 0) is 60.7 Å². The van der Waals surface area contributed by atoms with Gasteiger partial charge in [-0.25, -0.2) is 0 Å². The Morgan fingerprint density at radius 2 is 1.53 bits per heavy atom. The fourth-order valence-corrected chi connectivity index (χ4v) is 4.92. The van der Waals surface area contributed by atoms with Crippen molar-refractivity contribution in [2.24, 2.45) is 28.6 Å². The normalized spacial score (nSPS) is 53.6. The molecule has 0 aromatic heterocycles. The van der Waals surface area contributed by atoms with Gasteiger partial charge in [0, 0.05) is 0 Å². The molecule has 86 valence electrons. The molecule has 0 saturated heterocycles. The van der Waals surface area contributed by atoms with Gasteiger partial charge in [-0.2, -0.15) is 0 Å². The Bertz CT molecular complexity index is 260. The van der Waals surface area contributed by atoms with E-state index in [0.29, 0.717) is 22.7 Å². The van der Waals surface area contributed by atoms with E-state index in [4.69, 9.17) is 0 Å². The summed E-state index contributed by atoms with van der Waals surface area (Å²) in [5.41, 5.74) is 0.992. The molecule has 0 aliphatic heterocycles. The first-order chi connectivity index (χ1) is 6.91. The van der Waals surface area contributed by atoms with Crippen LogP contribution in [0.1, 0.15) is 52.9 Å². The SMILES string of the molecule is CC(C)(C)C12CC3C[C@H](C1)C(O)[C@@H](C3)C2. The number of hydrogen-bond acceptors (Lipinski definition) is 1. The Morgan fingerprint density at radius 1 is 1.00 bits per heavy atom. The quantitative estimate of drug-likeness (QED) is 0.648. The van der Waals surface area contributed by atoms with Crippen LogP contribution < -0.4 is 0 Å². The summed E-state index contributed by atoms with van der Waals surface area (Å²) in [6.45, 7) is 7.23. The van der Waals surface area contributed by atoms with E-state index in [0.717, 1.165) is 5.92 Å². The fourth-order valence-electron chi connectivity index (χ4n) is 4.92. The number of hydrogen-bond donors (Lipinski definition) is 1. The molecule has 0 heterocycles. The van der Waals surface area contributed by atoms with E-state index >= 15 is 0 Å². The molecule has 15 heavy (non-hydrogen) atoms. The third kappa shape index (κ3) is 1.25. The van der Waals surface area contributed by atoms with Crippen LogP contribution in [-0.2, 0) is 0 Å². The molecule has 0 aromatic rings. The van der Waals surface area contributed by atoms with Crippen LogP contribution in [0.2, 0.25) is 0 Å². The van der Waals surface area contributed by atoms with Gasteiger partial charge in [0.15, 0.2) is 0 Å². The molecule has 1 heteroatoms. The van der Waals surface area contributed by atoms with Crippen molar-refractivity contribution in [1.82, 2.24) is 0 Å². The van der Waals surface area contributed by atoms with E-state index in [1.165, 1.54) is 32.1 Å². The Kier molecular flexibility index (Phi) is 1.89. The molecule has 4 saturated carbocycles. The topological polar surface area (TPSA) is 20.2 Å². The Labute approximate surface area is 93.3 Å². The second-order valence-corrected chi connectivity index (χ2v) is 7.49. The summed E-state index contributed by atoms with van der Waals surface area (Å²) < 4.78 is 0. The Morgan fingerprint density at radius 3 is 2.00 bits per heavy atom. The first kappa shape index (κ1) is 10.1. The maximum atomic E-state index is 10.2. The average molecular weight is 208 g/mol. The lowest BCUT2D eigenvalue weighted by atomic mass is 9.43. The molecular weight excluding hydrogens is 184 g/mol. The molecule has 4 bridgehead atoms. The van der Waals surface area contributed by atoms with Crippen molar-refractivity contribution in [3.8, 4) is 0 Å². The highest BCUT2D eigenvalue weighted by molar-refractivity contribution is 5.08. The lowest BCUT2D eigenvalue weighted by Crippen LogP contribution is -2.57. The first-order valence-corrected chi connectivity index (χ1v) is 6.59. The van der Waals surface area contributed by atoms with Crippen LogP contribution in [0.5, 0.6) is 0 Å². The number of rotatable bonds is 0. The summed E-state index contributed by atoms with van der Waals surface area (Å²) in [5, 5.41) is 10.2. The monoisotopic (exact) mass is 208 g/mol. The molecule has 0 spiro atoms. The number of aliphatic hydroxyl groups is 1. The zero-order chi connectivity index (χ0) is 10.8. The lowest BCUT2D eigenvalue weighted by Gasteiger charge is -2.63. The molecule has 5 atom stereocenters. The summed E-state index contributed by atoms with van der Waals surface area (Å²) >= 11 is 0. The first-order valence-electron chi connectivity index (χ1n) is 6.59. The van der Waals surface area contributed by atoms with Crippen molar-refractivity contribution in [2.45, 2.75) is 59.0 Å². The molecular formula is C14H24O. The van der Waals surface area contributed by atoms with Gasteiger partial charge in [0.25, 0.3) is 0 Å². The van der Waals surface area contributed by atoms with Crippen LogP contribution in [0, 0.1) is 28.6 Å². The van der Waals surface area contributed by atoms with E-state index in [9.17, 15) is 5.11 Å². The van der Waals surface area contributed by atoms with Crippen LogP contribution >= 0.6 is 0 Å². The van der Waals surface area contributed by atoms with Crippen LogP contribution in [0.25, 0.3) is 0 Å². The van der Waals surface area contributed by atoms with Crippen molar-refractivity contribution >= 4 is 0 Å². The van der Waals surface area contributed by atoms with E-state index in [2.05, 4.69) is 20.8 Å². The molecule has 4 fully saturated rings. The predicted octanol–water partition coefficient (Wildman–Crippen LogP) is 3.22. The molecule has 3 unspecified atom stereocenters. The second kappa shape index (κ2) is 2.80. The summed E-state index contributed by atoms with van der Waals surface area (Å²) in [6.07, 6.45) is 6.70. The zero-order valence-electron chi connectivity index (χ0n) is 10.3. The van der Waals surface area contributed by atoms with Crippen LogP contribution in [0.3, 0.4) is 0 Å². The van der Waals surface area contributed by atoms with Gasteiger partial charge >= 0.3 is 0 Å². The maximum absolute atomic E-state index is 10.2. The second-order valence-electron chi connectivity index (χ2n) is 7.49. The van der Waals surface area contributed by atoms with Gasteiger partial charge < -0.3 is 5.11 Å². The highest BCUT2D eigenvalue weighted by atomic mass is 16.3. The van der Waals surface area contributed by atoms with Gasteiger partial charge in [0.1, 0.15) is 0 Å². The van der Waals surface area contributed by atoms with Gasteiger partial charge in [-0.1, -0.05) is 20.8 Å². The maximum Gasteiger partial charge on any atom is 0.0597 e. The average Bonchev–Trinajstić information content (AvgIpc) is 2.10. The van der Waals surface area contributed by atoms with E-state index in [1.807, 2.05) is 0 Å². The molecule has 1 nitrogen and oxygen atoms in total. The van der Waals surface area contributed by atoms with Crippen molar-refractivity contribution < 1.29 is 5.11 Å². The molecule has 1 N–H and O–H groups in total. The molecule has 0 radical (unpaired) electrons. The van der Waals surface area contributed by atoms with Crippen molar-refractivity contribution in [3.63, 3.8) is 0 Å². The third-order valence-corrected chi connectivity index (χ3v) is 5.81. The zero-order valence-corrected chi connectivity index (χ0v) is 10.3. The summed E-state index contributed by atoms with van der Waals surface area (Å²) in [5.74, 6) is 2.20. The van der Waals surface area contributed by atoms with Crippen LogP contribution in [0.15, 0.2) is 0 Å². The minimum atomic E-state index is 0.0389. The van der Waals surface area contributed by atoms with Gasteiger partial charge in [0.2, 0.25) is 0 Å². The molecule has 4 rings (SSSR count). The van der Waals surface area contributed by atoms with Crippen molar-refractivity contribution in [3.05, 3.63) is 0 Å². The smallest absolute Gasteiger partial charge is 0.0597 e. The molecule has 4 aliphatic rings. The Balaban J connectivity index is 1.96. The molecule has 0 amide bonds. The van der Waals surface area contributed by atoms with E-state index < -0.39 is 0 Å². The van der Waals surface area contributed by atoms with E-state index in [-0.39, 0.29) is 6.10 Å². The predicted molar refractivity (Wildman–Crippen MR) is 61.4 cm³/mol. The van der Waals surface area contributed by atoms with Gasteiger partial charge in [-0.3, -0.25) is 0 Å². The van der Waals surface area contributed by atoms with Crippen LogP contribution in [-0.4, -0.2) is 11.2 Å². The largest absolute Gasteiger partial charge is 0.393 e. The highest BCUT2D eigenvalue weighted by Crippen LogP contribution is 2.65. The molecule has 0 aromatic carbocycles. The van der Waals surface area contributed by atoms with Gasteiger partial charge in [-0.15, -0.1) is 0 Å². The fraction of sp³-hybridized carbons (Fsp3) is 1.00. The standard InChI is InChI=1S/C14H24O/c1-13(2,3)14-6-9-4-10(7-14)12(15)11(5-9)8-14/h9-12,15H,4-8H2,1-3H3/t9?,10-,11+,12?,14?. The van der Waals surface area contributed by atoms with Crippen LogP contribution in [0.4, 0.5) is 0 Å². The highest BCUT2D eigenvalue weighted by Gasteiger charge is 2.58. The summed E-state index contributed by atoms with van der Waals surface area (Å²) in [7, 11) is 0. The summed E-state index contributed by atoms with van der Waals surface area (Å²) in [6, 6.07) is 0. The summed E-state index contributed by atoms with van der Waals surface area (Å²) in [4.78, 5) is 0. The van der Waals surface area contributed by atoms with Gasteiger partial charge in [0.05, 0.1) is 6.10 Å². The lowest BCUT2D eigenvalue weighted by molar-refractivity contribution is -0.170. The van der Waals surface area contributed by atoms with E-state index in [1.54, 1.807) is 0 Å². The Hall–Kier alpha value is -0.0400. The minimum Gasteiger partial charge on any atom is -0.393 e.